The molecule has 2 saturated heterocycles. The van der Waals surface area contributed by atoms with Crippen molar-refractivity contribution < 1.29 is 19.5 Å². The summed E-state index contributed by atoms with van der Waals surface area (Å²) in [6.45, 7) is 0.973. The third kappa shape index (κ3) is 3.08. The fourth-order valence-electron chi connectivity index (χ4n) is 3.20. The van der Waals surface area contributed by atoms with E-state index in [2.05, 4.69) is 0 Å². The first-order valence-electron chi connectivity index (χ1n) is 7.66. The van der Waals surface area contributed by atoms with Crippen LogP contribution in [0, 0.1) is 11.8 Å². The molecule has 1 N–H and O–H groups in total. The molecule has 1 aromatic rings. The molecule has 1 aromatic carbocycles. The van der Waals surface area contributed by atoms with Crippen molar-refractivity contribution in [3.63, 3.8) is 0 Å². The number of carboxylic acid groups (broad SMARTS) is 1. The number of carbonyl (C=O) groups is 3. The topological polar surface area (TPSA) is 77.9 Å². The summed E-state index contributed by atoms with van der Waals surface area (Å²) in [5.74, 6) is -2.77. The number of halogens is 2. The van der Waals surface area contributed by atoms with Gasteiger partial charge in [0.25, 0.3) is 0 Å². The summed E-state index contributed by atoms with van der Waals surface area (Å²) in [5, 5.41) is 9.78. The monoisotopic (exact) mass is 370 g/mol. The summed E-state index contributed by atoms with van der Waals surface area (Å²) in [5.41, 5.74) is 0.606. The Balaban J connectivity index is 1.71. The average Bonchev–Trinajstić information content (AvgIpc) is 3.16. The minimum absolute atomic E-state index is 0.171. The van der Waals surface area contributed by atoms with Gasteiger partial charge in [-0.3, -0.25) is 14.4 Å². The van der Waals surface area contributed by atoms with Gasteiger partial charge >= 0.3 is 5.97 Å². The third-order valence-corrected chi connectivity index (χ3v) is 5.31. The molecule has 6 nitrogen and oxygen atoms in total. The van der Waals surface area contributed by atoms with Gasteiger partial charge in [-0.2, -0.15) is 0 Å². The number of benzene rings is 1. The van der Waals surface area contributed by atoms with E-state index in [1.54, 1.807) is 18.2 Å². The van der Waals surface area contributed by atoms with Crippen LogP contribution in [0.15, 0.2) is 18.2 Å². The molecule has 128 valence electrons. The number of hydrogen-bond donors (Lipinski definition) is 1. The SMILES string of the molecule is O=C(O)[C@@H]1CCN(C(=O)[C@H]2CCN(c3ccc(Cl)c(Cl)c3)C2=O)C1. The Hall–Kier alpha value is -1.79. The fraction of sp³-hybridized carbons (Fsp3) is 0.438. The lowest BCUT2D eigenvalue weighted by atomic mass is 10.1. The first kappa shape index (κ1) is 17.0. The normalized spacial score (nSPS) is 23.8. The molecule has 2 fully saturated rings. The number of amides is 2. The molecule has 24 heavy (non-hydrogen) atoms. The second kappa shape index (κ2) is 6.61. The van der Waals surface area contributed by atoms with Gasteiger partial charge in [-0.15, -0.1) is 0 Å². The number of likely N-dealkylation sites (tertiary alicyclic amines) is 1. The molecule has 0 spiro atoms. The van der Waals surface area contributed by atoms with Crippen LogP contribution >= 0.6 is 23.2 Å². The van der Waals surface area contributed by atoms with Crippen molar-refractivity contribution in [1.29, 1.82) is 0 Å². The van der Waals surface area contributed by atoms with E-state index < -0.39 is 17.8 Å². The van der Waals surface area contributed by atoms with Gasteiger partial charge in [0.1, 0.15) is 5.92 Å². The van der Waals surface area contributed by atoms with E-state index in [-0.39, 0.29) is 18.4 Å². The van der Waals surface area contributed by atoms with E-state index in [1.165, 1.54) is 9.80 Å². The summed E-state index contributed by atoms with van der Waals surface area (Å²) in [6.07, 6.45) is 0.838. The van der Waals surface area contributed by atoms with Gasteiger partial charge < -0.3 is 14.9 Å². The first-order chi connectivity index (χ1) is 11.4. The zero-order valence-corrected chi connectivity index (χ0v) is 14.3. The Labute approximate surface area is 148 Å². The van der Waals surface area contributed by atoms with Crippen LogP contribution < -0.4 is 4.90 Å². The minimum atomic E-state index is -0.902. The van der Waals surface area contributed by atoms with E-state index in [4.69, 9.17) is 28.3 Å². The highest BCUT2D eigenvalue weighted by molar-refractivity contribution is 6.42. The number of carbonyl (C=O) groups excluding carboxylic acids is 2. The minimum Gasteiger partial charge on any atom is -0.481 e. The Kier molecular flexibility index (Phi) is 4.69. The molecular weight excluding hydrogens is 355 g/mol. The fourth-order valence-corrected chi connectivity index (χ4v) is 3.49. The van der Waals surface area contributed by atoms with E-state index in [9.17, 15) is 14.4 Å². The molecule has 0 bridgehead atoms. The van der Waals surface area contributed by atoms with Gasteiger partial charge in [0.05, 0.1) is 16.0 Å². The van der Waals surface area contributed by atoms with Crippen molar-refractivity contribution in [2.24, 2.45) is 11.8 Å². The van der Waals surface area contributed by atoms with Gasteiger partial charge in [-0.25, -0.2) is 0 Å². The van der Waals surface area contributed by atoms with Crippen molar-refractivity contribution in [2.45, 2.75) is 12.8 Å². The number of nitrogens with zero attached hydrogens (tertiary/aromatic N) is 2. The van der Waals surface area contributed by atoms with Crippen LogP contribution in [-0.2, 0) is 14.4 Å². The van der Waals surface area contributed by atoms with Gasteiger partial charge in [0.15, 0.2) is 0 Å². The second-order valence-corrected chi connectivity index (χ2v) is 6.85. The Morgan fingerprint density at radius 3 is 2.50 bits per heavy atom. The maximum atomic E-state index is 12.6. The maximum absolute atomic E-state index is 12.6. The highest BCUT2D eigenvalue weighted by Gasteiger charge is 2.42. The van der Waals surface area contributed by atoms with Crippen LogP contribution in [0.3, 0.4) is 0 Å². The van der Waals surface area contributed by atoms with Crippen LogP contribution in [0.25, 0.3) is 0 Å². The summed E-state index contributed by atoms with van der Waals surface area (Å²) >= 11 is 11.9. The van der Waals surface area contributed by atoms with Crippen molar-refractivity contribution in [3.8, 4) is 0 Å². The molecule has 2 aliphatic rings. The molecule has 8 heteroatoms. The summed E-state index contributed by atoms with van der Waals surface area (Å²) in [6, 6.07) is 4.90. The second-order valence-electron chi connectivity index (χ2n) is 6.04. The number of rotatable bonds is 3. The molecule has 0 radical (unpaired) electrons. The van der Waals surface area contributed by atoms with Crippen molar-refractivity contribution in [1.82, 2.24) is 4.90 Å². The quantitative estimate of drug-likeness (QED) is 0.827. The number of anilines is 1. The molecule has 3 rings (SSSR count). The average molecular weight is 371 g/mol. The van der Waals surface area contributed by atoms with E-state index in [1.807, 2.05) is 0 Å². The van der Waals surface area contributed by atoms with E-state index in [0.29, 0.717) is 41.7 Å². The van der Waals surface area contributed by atoms with E-state index >= 15 is 0 Å². The zero-order valence-electron chi connectivity index (χ0n) is 12.7. The largest absolute Gasteiger partial charge is 0.481 e. The van der Waals surface area contributed by atoms with Crippen LogP contribution in [0.4, 0.5) is 5.69 Å². The van der Waals surface area contributed by atoms with Crippen molar-refractivity contribution in [3.05, 3.63) is 28.2 Å². The molecular formula is C16H16Cl2N2O4. The zero-order chi connectivity index (χ0) is 17.4. The molecule has 2 heterocycles. The van der Waals surface area contributed by atoms with Gasteiger partial charge in [-0.1, -0.05) is 23.2 Å². The Morgan fingerprint density at radius 1 is 1.12 bits per heavy atom. The van der Waals surface area contributed by atoms with Gasteiger partial charge in [0, 0.05) is 25.3 Å². The lowest BCUT2D eigenvalue weighted by molar-refractivity contribution is -0.142. The Bertz CT molecular complexity index is 709. The predicted molar refractivity (Wildman–Crippen MR) is 89.2 cm³/mol. The lowest BCUT2D eigenvalue weighted by Gasteiger charge is -2.21. The molecule has 2 aliphatic heterocycles. The molecule has 0 saturated carbocycles. The molecule has 0 unspecified atom stereocenters. The standard InChI is InChI=1S/C16H16Cl2N2O4/c17-12-2-1-10(7-13(12)18)20-6-4-11(15(20)22)14(21)19-5-3-9(8-19)16(23)24/h1-2,7,9,11H,3-6,8H2,(H,23,24)/t9-,11-/m1/s1. The number of aliphatic carboxylic acids is 1. The summed E-state index contributed by atoms with van der Waals surface area (Å²) in [4.78, 5) is 39.2. The molecule has 0 aliphatic carbocycles. The van der Waals surface area contributed by atoms with Gasteiger partial charge in [-0.05, 0) is 31.0 Å². The summed E-state index contributed by atoms with van der Waals surface area (Å²) < 4.78 is 0. The third-order valence-electron chi connectivity index (χ3n) is 4.57. The molecule has 2 amide bonds. The molecule has 2 atom stereocenters. The number of carboxylic acids is 1. The predicted octanol–water partition coefficient (Wildman–Crippen LogP) is 2.28. The van der Waals surface area contributed by atoms with Crippen molar-refractivity contribution in [2.75, 3.05) is 24.5 Å². The smallest absolute Gasteiger partial charge is 0.308 e. The number of hydrogen-bond acceptors (Lipinski definition) is 3. The van der Waals surface area contributed by atoms with Crippen LogP contribution in [0.2, 0.25) is 10.0 Å². The lowest BCUT2D eigenvalue weighted by Crippen LogP contribution is -2.39. The summed E-state index contributed by atoms with van der Waals surface area (Å²) in [7, 11) is 0. The van der Waals surface area contributed by atoms with Crippen LogP contribution in [-0.4, -0.2) is 47.4 Å². The maximum Gasteiger partial charge on any atom is 0.308 e. The highest BCUT2D eigenvalue weighted by atomic mass is 35.5. The highest BCUT2D eigenvalue weighted by Crippen LogP contribution is 2.32. The first-order valence-corrected chi connectivity index (χ1v) is 8.42. The van der Waals surface area contributed by atoms with Crippen LogP contribution in [0.5, 0.6) is 0 Å². The Morgan fingerprint density at radius 2 is 1.88 bits per heavy atom. The van der Waals surface area contributed by atoms with E-state index in [0.717, 1.165) is 0 Å². The molecule has 0 aromatic heterocycles. The van der Waals surface area contributed by atoms with Gasteiger partial charge in [0.2, 0.25) is 11.8 Å². The van der Waals surface area contributed by atoms with Crippen molar-refractivity contribution >= 4 is 46.7 Å². The van der Waals surface area contributed by atoms with Crippen LogP contribution in [0.1, 0.15) is 12.8 Å².